The molecule has 6 nitrogen and oxygen atoms in total. The molecule has 3 N–H and O–H groups in total. The van der Waals surface area contributed by atoms with E-state index in [1.807, 2.05) is 0 Å². The van der Waals surface area contributed by atoms with Gasteiger partial charge in [-0.15, -0.1) is 0 Å². The topological polar surface area (TPSA) is 98.3 Å². The number of benzene rings is 2. The molecular weight excluding hydrogens is 345 g/mol. The van der Waals surface area contributed by atoms with Crippen LogP contribution in [0, 0.1) is 15.9 Å². The van der Waals surface area contributed by atoms with Gasteiger partial charge < -0.3 is 11.1 Å². The number of nitrogens with two attached hydrogens (primary N) is 1. The fourth-order valence-corrected chi connectivity index (χ4v) is 2.13. The van der Waals surface area contributed by atoms with Gasteiger partial charge in [0.05, 0.1) is 10.6 Å². The lowest BCUT2D eigenvalue weighted by Crippen LogP contribution is -2.15. The maximum atomic E-state index is 13.7. The Kier molecular flexibility index (Phi) is 4.18. The summed E-state index contributed by atoms with van der Waals surface area (Å²) in [5.74, 6) is -1.48. The fraction of sp³-hybridized carbons (Fsp3) is 0. The maximum absolute atomic E-state index is 13.7. The van der Waals surface area contributed by atoms with Crippen LogP contribution in [0.4, 0.5) is 21.5 Å². The molecule has 0 aliphatic heterocycles. The van der Waals surface area contributed by atoms with Crippen molar-refractivity contribution in [1.29, 1.82) is 0 Å². The number of rotatable bonds is 3. The quantitative estimate of drug-likeness (QED) is 0.502. The van der Waals surface area contributed by atoms with Crippen molar-refractivity contribution in [2.45, 2.75) is 0 Å². The molecule has 0 bridgehead atoms. The number of para-hydroxylation sites is 1. The van der Waals surface area contributed by atoms with E-state index in [1.165, 1.54) is 24.3 Å². The van der Waals surface area contributed by atoms with Crippen LogP contribution in [0.5, 0.6) is 0 Å². The van der Waals surface area contributed by atoms with Crippen molar-refractivity contribution in [2.24, 2.45) is 0 Å². The van der Waals surface area contributed by atoms with Gasteiger partial charge in [-0.25, -0.2) is 4.39 Å². The van der Waals surface area contributed by atoms with Gasteiger partial charge in [0.1, 0.15) is 11.4 Å². The van der Waals surface area contributed by atoms with Crippen molar-refractivity contribution in [2.75, 3.05) is 11.1 Å². The van der Waals surface area contributed by atoms with E-state index in [4.69, 9.17) is 5.73 Å². The van der Waals surface area contributed by atoms with Gasteiger partial charge in [-0.1, -0.05) is 6.07 Å². The van der Waals surface area contributed by atoms with Crippen molar-refractivity contribution >= 4 is 38.9 Å². The van der Waals surface area contributed by atoms with Crippen molar-refractivity contribution in [1.82, 2.24) is 0 Å². The number of nitrogen functional groups attached to an aromatic ring is 1. The second-order valence-electron chi connectivity index (χ2n) is 4.08. The van der Waals surface area contributed by atoms with E-state index in [-0.39, 0.29) is 16.9 Å². The minimum absolute atomic E-state index is 0.0979. The van der Waals surface area contributed by atoms with Crippen LogP contribution in [-0.2, 0) is 0 Å². The number of carbonyl (C=O) groups is 1. The Balaban J connectivity index is 2.41. The highest BCUT2D eigenvalue weighted by atomic mass is 79.9. The first-order valence-electron chi connectivity index (χ1n) is 5.69. The summed E-state index contributed by atoms with van der Waals surface area (Å²) < 4.78 is 14.0. The van der Waals surface area contributed by atoms with E-state index in [0.717, 1.165) is 12.1 Å². The van der Waals surface area contributed by atoms with Gasteiger partial charge in [0, 0.05) is 16.2 Å². The first-order chi connectivity index (χ1) is 9.90. The Hall–Kier alpha value is -2.48. The Bertz CT molecular complexity index is 716. The van der Waals surface area contributed by atoms with Crippen LogP contribution in [0.25, 0.3) is 0 Å². The minimum Gasteiger partial charge on any atom is -0.399 e. The second kappa shape index (κ2) is 5.88. The van der Waals surface area contributed by atoms with Gasteiger partial charge in [0.15, 0.2) is 0 Å². The van der Waals surface area contributed by atoms with Crippen molar-refractivity contribution in [3.63, 3.8) is 0 Å². The molecule has 21 heavy (non-hydrogen) atoms. The standard InChI is InChI=1S/C13H9BrFN3O3/c14-9-2-1-3-10(15)12(9)17-13(19)8-6-7(16)4-5-11(8)18(20)21/h1-6H,16H2,(H,17,19). The Morgan fingerprint density at radius 2 is 2.05 bits per heavy atom. The summed E-state index contributed by atoms with van der Waals surface area (Å²) in [5, 5.41) is 13.2. The van der Waals surface area contributed by atoms with E-state index in [2.05, 4.69) is 21.2 Å². The summed E-state index contributed by atoms with van der Waals surface area (Å²) in [6, 6.07) is 7.76. The van der Waals surface area contributed by atoms with E-state index in [1.54, 1.807) is 0 Å². The van der Waals surface area contributed by atoms with Crippen molar-refractivity contribution in [3.05, 3.63) is 62.4 Å². The van der Waals surface area contributed by atoms with Crippen LogP contribution in [0.1, 0.15) is 10.4 Å². The van der Waals surface area contributed by atoms with Crippen LogP contribution in [0.15, 0.2) is 40.9 Å². The number of nitro groups is 1. The van der Waals surface area contributed by atoms with Gasteiger partial charge >= 0.3 is 0 Å². The maximum Gasteiger partial charge on any atom is 0.282 e. The van der Waals surface area contributed by atoms with Gasteiger partial charge in [-0.05, 0) is 40.2 Å². The number of nitrogens with one attached hydrogen (secondary N) is 1. The monoisotopic (exact) mass is 353 g/mol. The number of nitrogens with zero attached hydrogens (tertiary/aromatic N) is 1. The summed E-state index contributed by atoms with van der Waals surface area (Å²) in [7, 11) is 0. The number of hydrogen-bond donors (Lipinski definition) is 2. The third-order valence-electron chi connectivity index (χ3n) is 2.66. The Labute approximate surface area is 127 Å². The lowest BCUT2D eigenvalue weighted by atomic mass is 10.1. The Morgan fingerprint density at radius 1 is 1.33 bits per heavy atom. The summed E-state index contributed by atoms with van der Waals surface area (Å²) in [5.41, 5.74) is 4.98. The zero-order valence-electron chi connectivity index (χ0n) is 10.5. The van der Waals surface area contributed by atoms with Crippen LogP contribution in [0.3, 0.4) is 0 Å². The van der Waals surface area contributed by atoms with Gasteiger partial charge in [0.2, 0.25) is 0 Å². The van der Waals surface area contributed by atoms with E-state index < -0.39 is 22.3 Å². The van der Waals surface area contributed by atoms with Crippen LogP contribution in [0.2, 0.25) is 0 Å². The average Bonchev–Trinajstić information content (AvgIpc) is 2.42. The molecule has 2 aromatic rings. The molecule has 2 rings (SSSR count). The van der Waals surface area contributed by atoms with Crippen molar-refractivity contribution in [3.8, 4) is 0 Å². The molecule has 0 unspecified atom stereocenters. The molecule has 0 aliphatic rings. The zero-order chi connectivity index (χ0) is 15.6. The number of halogens is 2. The molecule has 2 aromatic carbocycles. The molecule has 0 radical (unpaired) electrons. The fourth-order valence-electron chi connectivity index (χ4n) is 1.69. The predicted octanol–water partition coefficient (Wildman–Crippen LogP) is 3.33. The van der Waals surface area contributed by atoms with E-state index in [0.29, 0.717) is 4.47 Å². The van der Waals surface area contributed by atoms with E-state index in [9.17, 15) is 19.3 Å². The number of carbonyl (C=O) groups excluding carboxylic acids is 1. The first-order valence-corrected chi connectivity index (χ1v) is 6.48. The SMILES string of the molecule is Nc1ccc([N+](=O)[O-])c(C(=O)Nc2c(F)cccc2Br)c1. The number of hydrogen-bond acceptors (Lipinski definition) is 4. The minimum atomic E-state index is -0.820. The van der Waals surface area contributed by atoms with Crippen LogP contribution >= 0.6 is 15.9 Å². The number of anilines is 2. The van der Waals surface area contributed by atoms with Crippen LogP contribution in [-0.4, -0.2) is 10.8 Å². The Morgan fingerprint density at radius 3 is 2.67 bits per heavy atom. The molecule has 1 amide bonds. The number of amides is 1. The normalized spacial score (nSPS) is 10.2. The molecule has 0 aromatic heterocycles. The molecular formula is C13H9BrFN3O3. The lowest BCUT2D eigenvalue weighted by Gasteiger charge is -2.09. The highest BCUT2D eigenvalue weighted by Crippen LogP contribution is 2.27. The molecule has 108 valence electrons. The summed E-state index contributed by atoms with van der Waals surface area (Å²) in [6.07, 6.45) is 0. The summed E-state index contributed by atoms with van der Waals surface area (Å²) in [4.78, 5) is 22.4. The largest absolute Gasteiger partial charge is 0.399 e. The molecule has 8 heteroatoms. The lowest BCUT2D eigenvalue weighted by molar-refractivity contribution is -0.385. The summed E-state index contributed by atoms with van der Waals surface area (Å²) >= 11 is 3.10. The third kappa shape index (κ3) is 3.16. The highest BCUT2D eigenvalue weighted by molar-refractivity contribution is 9.10. The highest BCUT2D eigenvalue weighted by Gasteiger charge is 2.22. The number of nitro benzene ring substituents is 1. The molecule has 0 atom stereocenters. The molecule has 0 fully saturated rings. The van der Waals surface area contributed by atoms with Gasteiger partial charge in [0.25, 0.3) is 11.6 Å². The molecule has 0 saturated carbocycles. The smallest absolute Gasteiger partial charge is 0.282 e. The van der Waals surface area contributed by atoms with Gasteiger partial charge in [-0.2, -0.15) is 0 Å². The predicted molar refractivity (Wildman–Crippen MR) is 79.6 cm³/mol. The van der Waals surface area contributed by atoms with Crippen molar-refractivity contribution < 1.29 is 14.1 Å². The van der Waals surface area contributed by atoms with Gasteiger partial charge in [-0.3, -0.25) is 14.9 Å². The summed E-state index contributed by atoms with van der Waals surface area (Å²) in [6.45, 7) is 0. The van der Waals surface area contributed by atoms with Crippen LogP contribution < -0.4 is 11.1 Å². The third-order valence-corrected chi connectivity index (χ3v) is 3.32. The molecule has 0 saturated heterocycles. The second-order valence-corrected chi connectivity index (χ2v) is 4.94. The average molecular weight is 354 g/mol. The first kappa shape index (κ1) is 14.9. The zero-order valence-corrected chi connectivity index (χ0v) is 12.1. The molecule has 0 aliphatic carbocycles. The van der Waals surface area contributed by atoms with E-state index >= 15 is 0 Å². The molecule has 0 spiro atoms. The molecule has 0 heterocycles.